The van der Waals surface area contributed by atoms with Gasteiger partial charge in [-0.05, 0) is 60.6 Å². The van der Waals surface area contributed by atoms with Crippen LogP contribution >= 0.6 is 0 Å². The first-order chi connectivity index (χ1) is 18.5. The van der Waals surface area contributed by atoms with Crippen molar-refractivity contribution in [3.63, 3.8) is 0 Å². The number of carbonyl (C=O) groups is 2. The van der Waals surface area contributed by atoms with Gasteiger partial charge in [-0.15, -0.1) is 5.10 Å². The number of rotatable bonds is 8. The lowest BCUT2D eigenvalue weighted by Crippen LogP contribution is -2.13. The zero-order valence-electron chi connectivity index (χ0n) is 20.5. The molecule has 1 aliphatic rings. The third-order valence-corrected chi connectivity index (χ3v) is 6.78. The molecule has 10 nitrogen and oxygen atoms in total. The summed E-state index contributed by atoms with van der Waals surface area (Å²) in [5, 5.41) is 10.0. The largest absolute Gasteiger partial charge is 0.451 e. The average molecular weight is 509 g/mol. The summed E-state index contributed by atoms with van der Waals surface area (Å²) in [4.78, 5) is 33.3. The molecule has 0 aliphatic heterocycles. The Morgan fingerprint density at radius 2 is 1.92 bits per heavy atom. The van der Waals surface area contributed by atoms with Gasteiger partial charge in [-0.2, -0.15) is 0 Å². The van der Waals surface area contributed by atoms with Gasteiger partial charge in [0.15, 0.2) is 23.6 Å². The molecule has 0 spiro atoms. The highest BCUT2D eigenvalue weighted by atomic mass is 16.5. The van der Waals surface area contributed by atoms with Gasteiger partial charge < -0.3 is 19.8 Å². The van der Waals surface area contributed by atoms with Crippen LogP contribution in [-0.2, 0) is 5.41 Å². The smallest absolute Gasteiger partial charge is 0.278 e. The van der Waals surface area contributed by atoms with Crippen molar-refractivity contribution in [2.24, 2.45) is 0 Å². The van der Waals surface area contributed by atoms with E-state index in [1.165, 1.54) is 35.6 Å². The van der Waals surface area contributed by atoms with Gasteiger partial charge in [0, 0.05) is 23.4 Å². The molecule has 0 radical (unpaired) electrons. The van der Waals surface area contributed by atoms with Gasteiger partial charge >= 0.3 is 0 Å². The van der Waals surface area contributed by atoms with Gasteiger partial charge in [-0.1, -0.05) is 25.1 Å². The number of nitrogens with one attached hydrogen (secondary N) is 2. The van der Waals surface area contributed by atoms with E-state index in [0.29, 0.717) is 34.3 Å². The number of fused-ring (bicyclic) bond motifs is 1. The van der Waals surface area contributed by atoms with Gasteiger partial charge in [0.05, 0.1) is 6.20 Å². The molecule has 3 aromatic heterocycles. The van der Waals surface area contributed by atoms with Crippen molar-refractivity contribution >= 4 is 29.0 Å². The van der Waals surface area contributed by atoms with Crippen LogP contribution in [0.3, 0.4) is 0 Å². The van der Waals surface area contributed by atoms with Crippen LogP contribution in [0.1, 0.15) is 52.6 Å². The predicted octanol–water partition coefficient (Wildman–Crippen LogP) is 5.46. The van der Waals surface area contributed by atoms with Crippen LogP contribution in [0.4, 0.5) is 11.5 Å². The summed E-state index contributed by atoms with van der Waals surface area (Å²) in [5.41, 5.74) is 3.37. The monoisotopic (exact) mass is 508 g/mol. The molecule has 190 valence electrons. The first-order valence-electron chi connectivity index (χ1n) is 12.3. The number of amides is 2. The summed E-state index contributed by atoms with van der Waals surface area (Å²) < 4.78 is 12.3. The summed E-state index contributed by atoms with van der Waals surface area (Å²) in [6.45, 7) is 2.20. The van der Waals surface area contributed by atoms with Crippen molar-refractivity contribution in [2.45, 2.75) is 31.6 Å². The maximum atomic E-state index is 13.0. The van der Waals surface area contributed by atoms with Crippen LogP contribution in [-0.4, -0.2) is 31.4 Å². The van der Waals surface area contributed by atoms with E-state index in [9.17, 15) is 9.59 Å². The molecule has 6 rings (SSSR count). The Balaban J connectivity index is 1.14. The van der Waals surface area contributed by atoms with Crippen molar-refractivity contribution in [3.8, 4) is 11.6 Å². The number of hydrogen-bond acceptors (Lipinski definition) is 7. The van der Waals surface area contributed by atoms with Crippen LogP contribution in [0.5, 0.6) is 11.6 Å². The fraction of sp³-hybridized carbons (Fsp3) is 0.179. The molecule has 2 aromatic carbocycles. The summed E-state index contributed by atoms with van der Waals surface area (Å²) in [6.07, 6.45) is 7.41. The van der Waals surface area contributed by atoms with Gasteiger partial charge in [0.2, 0.25) is 5.88 Å². The van der Waals surface area contributed by atoms with E-state index >= 15 is 0 Å². The molecule has 3 heterocycles. The van der Waals surface area contributed by atoms with Crippen molar-refractivity contribution in [2.75, 3.05) is 10.6 Å². The fourth-order valence-corrected chi connectivity index (χ4v) is 4.43. The number of hydrogen-bond donors (Lipinski definition) is 2. The SMILES string of the molecule is CCC1(c2cccc(C(=O)Nc3cccc(Oc4ccc5nc(NC(=O)c6cocn6)cn5n4)c3)c2)CC1. The number of oxazole rings is 1. The van der Waals surface area contributed by atoms with E-state index < -0.39 is 5.91 Å². The van der Waals surface area contributed by atoms with Crippen LogP contribution in [0.25, 0.3) is 5.65 Å². The minimum absolute atomic E-state index is 0.145. The van der Waals surface area contributed by atoms with E-state index in [4.69, 9.17) is 9.15 Å². The number of anilines is 2. The molecule has 0 saturated heterocycles. The van der Waals surface area contributed by atoms with E-state index in [0.717, 1.165) is 6.42 Å². The quantitative estimate of drug-likeness (QED) is 0.285. The molecule has 38 heavy (non-hydrogen) atoms. The Morgan fingerprint density at radius 3 is 2.71 bits per heavy atom. The Kier molecular flexibility index (Phi) is 5.83. The predicted molar refractivity (Wildman–Crippen MR) is 140 cm³/mol. The van der Waals surface area contributed by atoms with Crippen molar-refractivity contribution in [1.29, 1.82) is 0 Å². The highest BCUT2D eigenvalue weighted by molar-refractivity contribution is 6.04. The second-order valence-corrected chi connectivity index (χ2v) is 9.23. The molecular formula is C28H24N6O4. The van der Waals surface area contributed by atoms with Crippen LogP contribution < -0.4 is 15.4 Å². The molecule has 1 saturated carbocycles. The lowest BCUT2D eigenvalue weighted by atomic mass is 9.92. The maximum absolute atomic E-state index is 13.0. The molecule has 10 heteroatoms. The Morgan fingerprint density at radius 1 is 1.05 bits per heavy atom. The number of imidazole rings is 1. The van der Waals surface area contributed by atoms with Crippen LogP contribution in [0.2, 0.25) is 0 Å². The summed E-state index contributed by atoms with van der Waals surface area (Å²) in [6, 6.07) is 18.4. The number of ether oxygens (including phenoxy) is 1. The Bertz CT molecular complexity index is 1640. The van der Waals surface area contributed by atoms with Crippen LogP contribution in [0, 0.1) is 0 Å². The van der Waals surface area contributed by atoms with Crippen molar-refractivity contribution in [1.82, 2.24) is 19.6 Å². The molecule has 2 N–H and O–H groups in total. The van der Waals surface area contributed by atoms with Crippen LogP contribution in [0.15, 0.2) is 83.9 Å². The Labute approximate surface area is 217 Å². The number of carbonyl (C=O) groups excluding carboxylic acids is 2. The van der Waals surface area contributed by atoms with E-state index in [-0.39, 0.29) is 17.0 Å². The summed E-state index contributed by atoms with van der Waals surface area (Å²) >= 11 is 0. The number of benzene rings is 2. The molecule has 0 bridgehead atoms. The Hall–Kier alpha value is -4.99. The summed E-state index contributed by atoms with van der Waals surface area (Å²) in [5.74, 6) is 0.513. The molecule has 5 aromatic rings. The molecule has 2 amide bonds. The molecule has 0 atom stereocenters. The number of nitrogens with zero attached hydrogens (tertiary/aromatic N) is 4. The summed E-state index contributed by atoms with van der Waals surface area (Å²) in [7, 11) is 0. The zero-order chi connectivity index (χ0) is 26.1. The lowest BCUT2D eigenvalue weighted by molar-refractivity contribution is 0.101. The minimum atomic E-state index is -0.443. The van der Waals surface area contributed by atoms with E-state index in [1.807, 2.05) is 18.2 Å². The standard InChI is InChI=1S/C28H24N6O4/c1-2-28(11-12-28)19-6-3-5-18(13-19)26(35)30-20-7-4-8-21(14-20)38-25-10-9-24-31-23(15-34(24)33-25)32-27(36)22-16-37-17-29-22/h3-10,13-17H,2,11-12H2,1H3,(H,30,35)(H,32,36). The van der Waals surface area contributed by atoms with Gasteiger partial charge in [-0.3, -0.25) is 9.59 Å². The lowest BCUT2D eigenvalue weighted by Gasteiger charge is -2.14. The average Bonchev–Trinajstić information content (AvgIpc) is 3.33. The minimum Gasteiger partial charge on any atom is -0.451 e. The molecular weight excluding hydrogens is 484 g/mol. The second kappa shape index (κ2) is 9.47. The third-order valence-electron chi connectivity index (χ3n) is 6.78. The van der Waals surface area contributed by atoms with Crippen molar-refractivity contribution < 1.29 is 18.7 Å². The maximum Gasteiger partial charge on any atom is 0.278 e. The zero-order valence-corrected chi connectivity index (χ0v) is 20.5. The highest BCUT2D eigenvalue weighted by Gasteiger charge is 2.42. The highest BCUT2D eigenvalue weighted by Crippen LogP contribution is 2.50. The molecule has 1 aliphatic carbocycles. The van der Waals surface area contributed by atoms with E-state index in [2.05, 4.69) is 38.7 Å². The third kappa shape index (κ3) is 4.71. The topological polar surface area (TPSA) is 124 Å². The first kappa shape index (κ1) is 23.4. The molecule has 0 unspecified atom stereocenters. The van der Waals surface area contributed by atoms with E-state index in [1.54, 1.807) is 42.6 Å². The second-order valence-electron chi connectivity index (χ2n) is 9.23. The van der Waals surface area contributed by atoms with Gasteiger partial charge in [-0.25, -0.2) is 14.5 Å². The van der Waals surface area contributed by atoms with Crippen molar-refractivity contribution in [3.05, 3.63) is 96.3 Å². The fourth-order valence-electron chi connectivity index (χ4n) is 4.43. The van der Waals surface area contributed by atoms with Gasteiger partial charge in [0.25, 0.3) is 11.8 Å². The first-order valence-corrected chi connectivity index (χ1v) is 12.3. The normalized spacial score (nSPS) is 13.7. The molecule has 1 fully saturated rings. The van der Waals surface area contributed by atoms with Gasteiger partial charge in [0.1, 0.15) is 12.0 Å². The number of aromatic nitrogens is 4.